The Morgan fingerprint density at radius 1 is 0.750 bits per heavy atom. The molecule has 0 fully saturated rings. The fraction of sp³-hybridized carbons (Fsp3) is 0. The van der Waals surface area contributed by atoms with Gasteiger partial charge in [-0.1, -0.05) is 34.6 Å². The van der Waals surface area contributed by atoms with E-state index in [-0.39, 0.29) is 0 Å². The molecule has 1 aromatic carbocycles. The summed E-state index contributed by atoms with van der Waals surface area (Å²) in [5, 5.41) is 15.4. The van der Waals surface area contributed by atoms with Gasteiger partial charge in [-0.2, -0.15) is 0 Å². The Bertz CT molecular complexity index is 645. The first-order valence-corrected chi connectivity index (χ1v) is 9.01. The summed E-state index contributed by atoms with van der Waals surface area (Å²) in [5.74, 6) is 0.770. The number of benzene rings is 1. The number of hydrogen-bond donors (Lipinski definition) is 0. The van der Waals surface area contributed by atoms with E-state index in [4.69, 9.17) is 4.74 Å². The lowest BCUT2D eigenvalue weighted by Gasteiger charge is -1.97. The third-order valence-corrected chi connectivity index (χ3v) is 4.73. The molecule has 0 aliphatic carbocycles. The number of para-hydroxylation sites is 1. The Labute approximate surface area is 147 Å². The van der Waals surface area contributed by atoms with Crippen LogP contribution in [0.5, 0.6) is 10.9 Å². The van der Waals surface area contributed by atoms with E-state index in [1.807, 2.05) is 30.3 Å². The average molecular weight is 501 g/mol. The van der Waals surface area contributed by atoms with Crippen molar-refractivity contribution in [1.82, 2.24) is 20.4 Å². The maximum atomic E-state index is 5.41. The predicted octanol–water partition coefficient (Wildman–Crippen LogP) is 5.16. The van der Waals surface area contributed by atoms with Crippen molar-refractivity contribution in [1.29, 1.82) is 0 Å². The van der Waals surface area contributed by atoms with Crippen LogP contribution in [0.4, 0.5) is 0 Å². The minimum atomic E-state index is 0.540. The highest BCUT2D eigenvalue weighted by Crippen LogP contribution is 2.26. The molecule has 0 aliphatic rings. The van der Waals surface area contributed by atoms with Gasteiger partial charge in [0.15, 0.2) is 11.8 Å². The van der Waals surface area contributed by atoms with Gasteiger partial charge < -0.3 is 4.74 Å². The zero-order valence-electron chi connectivity index (χ0n) is 9.53. The lowest BCUT2D eigenvalue weighted by Crippen LogP contribution is -1.81. The summed E-state index contributed by atoms with van der Waals surface area (Å²) in [6.45, 7) is 0. The van der Waals surface area contributed by atoms with Crippen LogP contribution >= 0.6 is 70.5 Å². The fourth-order valence-electron chi connectivity index (χ4n) is 1.01. The Hall–Kier alpha value is -0.420. The maximum absolute atomic E-state index is 5.41. The summed E-state index contributed by atoms with van der Waals surface area (Å²) in [5.41, 5.74) is 0. The molecule has 104 valence electrons. The monoisotopic (exact) mass is 498 g/mol. The van der Waals surface area contributed by atoms with E-state index < -0.39 is 0 Å². The molecule has 0 saturated heterocycles. The molecule has 0 unspecified atom stereocenters. The molecule has 0 aliphatic heterocycles. The smallest absolute Gasteiger partial charge is 0.300 e. The van der Waals surface area contributed by atoms with Crippen LogP contribution in [-0.4, -0.2) is 20.4 Å². The normalized spacial score (nSPS) is 9.75. The quantitative estimate of drug-likeness (QED) is 0.486. The minimum absolute atomic E-state index is 0.540. The van der Waals surface area contributed by atoms with Crippen molar-refractivity contribution in [3.8, 4) is 10.9 Å². The van der Waals surface area contributed by atoms with Gasteiger partial charge in [-0.15, -0.1) is 15.3 Å². The van der Waals surface area contributed by atoms with E-state index >= 15 is 0 Å². The van der Waals surface area contributed by atoms with Crippen LogP contribution in [-0.2, 0) is 0 Å². The minimum Gasteiger partial charge on any atom is -0.430 e. The van der Waals surface area contributed by atoms with E-state index in [9.17, 15) is 0 Å². The summed E-state index contributed by atoms with van der Waals surface area (Å²) in [7, 11) is 0. The van der Waals surface area contributed by atoms with Gasteiger partial charge in [0.1, 0.15) is 5.75 Å². The largest absolute Gasteiger partial charge is 0.430 e. The summed E-state index contributed by atoms with van der Waals surface area (Å²) in [6, 6.07) is 9.49. The SMILES string of the molecule is Brc1nnc(Br)s1.Brc1nnc(Oc2ccccc2)s1. The van der Waals surface area contributed by atoms with Gasteiger partial charge in [0.25, 0.3) is 5.19 Å². The van der Waals surface area contributed by atoms with E-state index in [1.165, 1.54) is 22.7 Å². The number of nitrogens with zero attached hydrogens (tertiary/aromatic N) is 4. The first-order valence-electron chi connectivity index (χ1n) is 5.00. The van der Waals surface area contributed by atoms with Crippen LogP contribution < -0.4 is 4.74 Å². The molecule has 2 aromatic heterocycles. The van der Waals surface area contributed by atoms with Crippen molar-refractivity contribution in [2.24, 2.45) is 0 Å². The molecule has 2 heterocycles. The lowest BCUT2D eigenvalue weighted by molar-refractivity contribution is 0.473. The average Bonchev–Trinajstić information content (AvgIpc) is 3.00. The Morgan fingerprint density at radius 2 is 1.30 bits per heavy atom. The number of ether oxygens (including phenoxy) is 1. The Morgan fingerprint density at radius 3 is 1.75 bits per heavy atom. The third-order valence-electron chi connectivity index (χ3n) is 1.71. The van der Waals surface area contributed by atoms with Gasteiger partial charge in [-0.3, -0.25) is 0 Å². The zero-order chi connectivity index (χ0) is 14.4. The molecular formula is C10H5Br3N4OS2. The Kier molecular flexibility index (Phi) is 6.49. The molecular weight excluding hydrogens is 496 g/mol. The first-order chi connectivity index (χ1) is 9.63. The van der Waals surface area contributed by atoms with Crippen LogP contribution in [0.2, 0.25) is 0 Å². The predicted molar refractivity (Wildman–Crippen MR) is 89.4 cm³/mol. The lowest BCUT2D eigenvalue weighted by atomic mass is 10.3. The van der Waals surface area contributed by atoms with Gasteiger partial charge in [0, 0.05) is 0 Å². The molecule has 0 amide bonds. The van der Waals surface area contributed by atoms with Crippen LogP contribution in [0.15, 0.2) is 42.1 Å². The fourth-order valence-corrected chi connectivity index (χ4v) is 3.99. The van der Waals surface area contributed by atoms with Gasteiger partial charge in [-0.25, -0.2) is 0 Å². The van der Waals surface area contributed by atoms with Crippen molar-refractivity contribution in [3.63, 3.8) is 0 Å². The summed E-state index contributed by atoms with van der Waals surface area (Å²) >= 11 is 12.3. The van der Waals surface area contributed by atoms with Crippen molar-refractivity contribution in [2.75, 3.05) is 0 Å². The van der Waals surface area contributed by atoms with Crippen molar-refractivity contribution >= 4 is 70.5 Å². The molecule has 0 radical (unpaired) electrons. The Balaban J connectivity index is 0.000000178. The highest BCUT2D eigenvalue weighted by Gasteiger charge is 2.02. The van der Waals surface area contributed by atoms with Crippen LogP contribution in [0.1, 0.15) is 0 Å². The summed E-state index contributed by atoms with van der Waals surface area (Å²) in [6.07, 6.45) is 0. The molecule has 5 nitrogen and oxygen atoms in total. The molecule has 0 spiro atoms. The molecule has 10 heteroatoms. The van der Waals surface area contributed by atoms with Gasteiger partial charge in [0.05, 0.1) is 0 Å². The third kappa shape index (κ3) is 5.52. The molecule has 3 aromatic rings. The first kappa shape index (κ1) is 16.0. The number of aromatic nitrogens is 4. The highest BCUT2D eigenvalue weighted by molar-refractivity contribution is 9.12. The molecule has 20 heavy (non-hydrogen) atoms. The molecule has 0 saturated carbocycles. The van der Waals surface area contributed by atoms with E-state index in [2.05, 4.69) is 68.2 Å². The van der Waals surface area contributed by atoms with E-state index in [0.717, 1.165) is 17.5 Å². The number of rotatable bonds is 2. The maximum Gasteiger partial charge on any atom is 0.300 e. The standard InChI is InChI=1S/C8H5BrN2OS.C2Br2N2S/c9-7-10-11-8(13-7)12-6-4-2-1-3-5-6;3-1-5-6-2(4)7-1/h1-5H;. The number of halogens is 3. The second kappa shape index (κ2) is 8.13. The topological polar surface area (TPSA) is 60.8 Å². The highest BCUT2D eigenvalue weighted by atomic mass is 79.9. The molecule has 3 rings (SSSR count). The second-order valence-electron chi connectivity index (χ2n) is 3.04. The van der Waals surface area contributed by atoms with Gasteiger partial charge in [-0.05, 0) is 71.3 Å². The zero-order valence-corrected chi connectivity index (χ0v) is 15.9. The van der Waals surface area contributed by atoms with E-state index in [1.54, 1.807) is 0 Å². The second-order valence-corrected chi connectivity index (χ2v) is 8.79. The molecule has 0 atom stereocenters. The molecule has 0 N–H and O–H groups in total. The van der Waals surface area contributed by atoms with Crippen molar-refractivity contribution in [3.05, 3.63) is 42.1 Å². The van der Waals surface area contributed by atoms with Crippen LogP contribution in [0, 0.1) is 0 Å². The van der Waals surface area contributed by atoms with Gasteiger partial charge in [0.2, 0.25) is 0 Å². The van der Waals surface area contributed by atoms with Gasteiger partial charge >= 0.3 is 0 Å². The molecule has 0 bridgehead atoms. The van der Waals surface area contributed by atoms with Crippen LogP contribution in [0.25, 0.3) is 0 Å². The number of hydrogen-bond acceptors (Lipinski definition) is 7. The van der Waals surface area contributed by atoms with Crippen molar-refractivity contribution in [2.45, 2.75) is 0 Å². The summed E-state index contributed by atoms with van der Waals surface area (Å²) < 4.78 is 7.74. The van der Waals surface area contributed by atoms with E-state index in [0.29, 0.717) is 5.19 Å². The van der Waals surface area contributed by atoms with Crippen molar-refractivity contribution < 1.29 is 4.74 Å². The summed E-state index contributed by atoms with van der Waals surface area (Å²) in [4.78, 5) is 0. The van der Waals surface area contributed by atoms with Crippen LogP contribution in [0.3, 0.4) is 0 Å².